The van der Waals surface area contributed by atoms with Crippen molar-refractivity contribution >= 4 is 5.71 Å². The maximum atomic E-state index is 4.89. The highest BCUT2D eigenvalue weighted by molar-refractivity contribution is 5.85. The quantitative estimate of drug-likeness (QED) is 0.553. The van der Waals surface area contributed by atoms with Crippen LogP contribution in [0.2, 0.25) is 0 Å². The van der Waals surface area contributed by atoms with Crippen LogP contribution >= 0.6 is 0 Å². The van der Waals surface area contributed by atoms with Crippen molar-refractivity contribution in [1.29, 1.82) is 0 Å². The molecule has 0 aromatic carbocycles. The summed E-state index contributed by atoms with van der Waals surface area (Å²) in [5.74, 6) is 0. The first-order valence-corrected chi connectivity index (χ1v) is 6.70. The molecular formula is C14H23N. The van der Waals surface area contributed by atoms with Crippen LogP contribution in [0.1, 0.15) is 70.6 Å². The molecule has 15 heavy (non-hydrogen) atoms. The molecular weight excluding hydrogens is 182 g/mol. The molecule has 0 saturated heterocycles. The monoisotopic (exact) mass is 205 g/mol. The summed E-state index contributed by atoms with van der Waals surface area (Å²) in [6, 6.07) is 0. The van der Waals surface area contributed by atoms with Crippen LogP contribution in [0.5, 0.6) is 0 Å². The Labute approximate surface area is 93.7 Å². The molecule has 0 spiro atoms. The Morgan fingerprint density at radius 1 is 0.733 bits per heavy atom. The van der Waals surface area contributed by atoms with Crippen LogP contribution in [-0.2, 0) is 0 Å². The first-order valence-electron chi connectivity index (χ1n) is 6.70. The minimum absolute atomic E-state index is 1.23. The summed E-state index contributed by atoms with van der Waals surface area (Å²) >= 11 is 0. The summed E-state index contributed by atoms with van der Waals surface area (Å²) < 4.78 is 0. The van der Waals surface area contributed by atoms with Crippen molar-refractivity contribution < 1.29 is 0 Å². The zero-order chi connectivity index (χ0) is 10.3. The lowest BCUT2D eigenvalue weighted by molar-refractivity contribution is 0.702. The number of allylic oxidation sites excluding steroid dienone is 2. The summed E-state index contributed by atoms with van der Waals surface area (Å²) in [7, 11) is 0. The van der Waals surface area contributed by atoms with Gasteiger partial charge >= 0.3 is 0 Å². The number of hydrogen-bond donors (Lipinski definition) is 0. The van der Waals surface area contributed by atoms with E-state index in [9.17, 15) is 0 Å². The molecule has 0 heterocycles. The molecule has 0 aromatic heterocycles. The van der Waals surface area contributed by atoms with Gasteiger partial charge in [0, 0.05) is 11.4 Å². The average molecular weight is 205 g/mol. The van der Waals surface area contributed by atoms with E-state index in [0.717, 1.165) is 0 Å². The Balaban J connectivity index is 1.96. The molecule has 0 aromatic rings. The second kappa shape index (κ2) is 6.09. The molecule has 2 aliphatic carbocycles. The van der Waals surface area contributed by atoms with Crippen molar-refractivity contribution in [2.75, 3.05) is 0 Å². The number of aliphatic imine (C=N–C) groups is 1. The fourth-order valence-corrected chi connectivity index (χ4v) is 2.55. The lowest BCUT2D eigenvalue weighted by Crippen LogP contribution is -1.96. The van der Waals surface area contributed by atoms with Crippen molar-refractivity contribution in [3.05, 3.63) is 11.8 Å². The lowest BCUT2D eigenvalue weighted by Gasteiger charge is -2.04. The molecule has 84 valence electrons. The van der Waals surface area contributed by atoms with Gasteiger partial charge in [-0.3, -0.25) is 4.99 Å². The molecule has 1 heteroatoms. The molecule has 0 N–H and O–H groups in total. The van der Waals surface area contributed by atoms with E-state index in [1.165, 1.54) is 82.0 Å². The summed E-state index contributed by atoms with van der Waals surface area (Å²) in [6.45, 7) is 0. The van der Waals surface area contributed by atoms with Crippen LogP contribution in [0.25, 0.3) is 0 Å². The third-order valence-corrected chi connectivity index (χ3v) is 3.50. The van der Waals surface area contributed by atoms with Gasteiger partial charge in [0.2, 0.25) is 0 Å². The molecule has 0 unspecified atom stereocenters. The van der Waals surface area contributed by atoms with Gasteiger partial charge in [0.15, 0.2) is 0 Å². The van der Waals surface area contributed by atoms with Gasteiger partial charge in [0.1, 0.15) is 0 Å². The first kappa shape index (κ1) is 10.9. The molecule has 1 fully saturated rings. The van der Waals surface area contributed by atoms with E-state index in [2.05, 4.69) is 6.08 Å². The predicted molar refractivity (Wildman–Crippen MR) is 66.3 cm³/mol. The topological polar surface area (TPSA) is 12.4 Å². The van der Waals surface area contributed by atoms with E-state index in [0.29, 0.717) is 0 Å². The highest BCUT2D eigenvalue weighted by Gasteiger charge is 2.07. The molecule has 0 amide bonds. The Hall–Kier alpha value is -0.590. The molecule has 0 radical (unpaired) electrons. The minimum atomic E-state index is 1.23. The largest absolute Gasteiger partial charge is 0.263 e. The third kappa shape index (κ3) is 3.81. The maximum absolute atomic E-state index is 4.89. The van der Waals surface area contributed by atoms with Crippen LogP contribution in [0.4, 0.5) is 0 Å². The van der Waals surface area contributed by atoms with Gasteiger partial charge < -0.3 is 0 Å². The fraction of sp³-hybridized carbons (Fsp3) is 0.786. The van der Waals surface area contributed by atoms with Gasteiger partial charge in [-0.15, -0.1) is 0 Å². The molecule has 0 atom stereocenters. The lowest BCUT2D eigenvalue weighted by atomic mass is 10.1. The highest BCUT2D eigenvalue weighted by atomic mass is 14.8. The van der Waals surface area contributed by atoms with Crippen molar-refractivity contribution in [2.45, 2.75) is 70.6 Å². The van der Waals surface area contributed by atoms with E-state index in [1.54, 1.807) is 0 Å². The minimum Gasteiger partial charge on any atom is -0.263 e. The van der Waals surface area contributed by atoms with Gasteiger partial charge in [-0.05, 0) is 51.4 Å². The van der Waals surface area contributed by atoms with Gasteiger partial charge in [-0.25, -0.2) is 0 Å². The summed E-state index contributed by atoms with van der Waals surface area (Å²) in [5, 5.41) is 0. The Morgan fingerprint density at radius 3 is 2.20 bits per heavy atom. The average Bonchev–Trinajstić information content (AvgIpc) is 2.63. The zero-order valence-electron chi connectivity index (χ0n) is 9.80. The van der Waals surface area contributed by atoms with E-state index in [4.69, 9.17) is 4.99 Å². The van der Waals surface area contributed by atoms with E-state index in [1.807, 2.05) is 0 Å². The SMILES string of the molecule is C1=C(N=C2CCCCCC2)CCCCC1. The van der Waals surface area contributed by atoms with Crippen LogP contribution in [0.3, 0.4) is 0 Å². The predicted octanol–water partition coefficient (Wildman–Crippen LogP) is 4.63. The van der Waals surface area contributed by atoms with Crippen LogP contribution in [0, 0.1) is 0 Å². The molecule has 2 aliphatic rings. The van der Waals surface area contributed by atoms with Crippen molar-refractivity contribution in [2.24, 2.45) is 4.99 Å². The smallest absolute Gasteiger partial charge is 0.0363 e. The van der Waals surface area contributed by atoms with Crippen LogP contribution < -0.4 is 0 Å². The zero-order valence-corrected chi connectivity index (χ0v) is 9.80. The van der Waals surface area contributed by atoms with Crippen molar-refractivity contribution in [3.63, 3.8) is 0 Å². The molecule has 0 aliphatic heterocycles. The normalized spacial score (nSPS) is 24.0. The number of rotatable bonds is 1. The Morgan fingerprint density at radius 2 is 1.40 bits per heavy atom. The van der Waals surface area contributed by atoms with Crippen LogP contribution in [-0.4, -0.2) is 5.71 Å². The molecule has 0 bridgehead atoms. The molecule has 1 nitrogen and oxygen atoms in total. The molecule has 2 rings (SSSR count). The van der Waals surface area contributed by atoms with Gasteiger partial charge in [-0.1, -0.05) is 25.3 Å². The fourth-order valence-electron chi connectivity index (χ4n) is 2.55. The first-order chi connectivity index (χ1) is 7.45. The third-order valence-electron chi connectivity index (χ3n) is 3.50. The standard InChI is InChI=1S/C14H23N/c1-2-6-10-13(9-5-1)15-14-11-7-3-4-8-12-14/h9H,1-8,10-12H2. The van der Waals surface area contributed by atoms with Gasteiger partial charge in [-0.2, -0.15) is 0 Å². The van der Waals surface area contributed by atoms with E-state index >= 15 is 0 Å². The second-order valence-electron chi connectivity index (χ2n) is 4.89. The number of nitrogens with zero attached hydrogens (tertiary/aromatic N) is 1. The summed E-state index contributed by atoms with van der Waals surface area (Å²) in [4.78, 5) is 4.89. The van der Waals surface area contributed by atoms with E-state index < -0.39 is 0 Å². The Bertz CT molecular complexity index is 240. The summed E-state index contributed by atoms with van der Waals surface area (Å²) in [5.41, 5.74) is 2.88. The van der Waals surface area contributed by atoms with Gasteiger partial charge in [0.05, 0.1) is 0 Å². The van der Waals surface area contributed by atoms with Crippen molar-refractivity contribution in [1.82, 2.24) is 0 Å². The van der Waals surface area contributed by atoms with Gasteiger partial charge in [0.25, 0.3) is 0 Å². The number of hydrogen-bond acceptors (Lipinski definition) is 1. The maximum Gasteiger partial charge on any atom is 0.0363 e. The Kier molecular flexibility index (Phi) is 4.43. The van der Waals surface area contributed by atoms with Crippen molar-refractivity contribution in [3.8, 4) is 0 Å². The van der Waals surface area contributed by atoms with Crippen LogP contribution in [0.15, 0.2) is 16.8 Å². The molecule has 1 saturated carbocycles. The second-order valence-corrected chi connectivity index (χ2v) is 4.89. The highest BCUT2D eigenvalue weighted by Crippen LogP contribution is 2.21. The summed E-state index contributed by atoms with van der Waals surface area (Å²) in [6.07, 6.45) is 17.1. The van der Waals surface area contributed by atoms with E-state index in [-0.39, 0.29) is 0 Å².